The van der Waals surface area contributed by atoms with Gasteiger partial charge in [-0.2, -0.15) is 0 Å². The molecule has 0 amide bonds. The maximum absolute atomic E-state index is 6.36. The van der Waals surface area contributed by atoms with Crippen LogP contribution in [0.15, 0.2) is 22.7 Å². The first-order chi connectivity index (χ1) is 9.10. The van der Waals surface area contributed by atoms with Gasteiger partial charge in [-0.1, -0.05) is 47.4 Å². The van der Waals surface area contributed by atoms with Crippen LogP contribution in [0.5, 0.6) is 0 Å². The van der Waals surface area contributed by atoms with Gasteiger partial charge in [-0.3, -0.25) is 0 Å². The van der Waals surface area contributed by atoms with Crippen molar-refractivity contribution >= 4 is 27.5 Å². The summed E-state index contributed by atoms with van der Waals surface area (Å²) < 4.78 is 1.06. The SMILES string of the molecule is CCNC1CCC(C)CC1Cc1ccc(Br)cc1Cl. The Morgan fingerprint density at radius 3 is 2.84 bits per heavy atom. The summed E-state index contributed by atoms with van der Waals surface area (Å²) in [5.74, 6) is 1.55. The van der Waals surface area contributed by atoms with Gasteiger partial charge in [-0.05, 0) is 61.8 Å². The Morgan fingerprint density at radius 1 is 1.37 bits per heavy atom. The van der Waals surface area contributed by atoms with Crippen molar-refractivity contribution in [2.45, 2.75) is 45.6 Å². The van der Waals surface area contributed by atoms with Gasteiger partial charge in [0.1, 0.15) is 0 Å². The van der Waals surface area contributed by atoms with Crippen LogP contribution < -0.4 is 5.32 Å². The van der Waals surface area contributed by atoms with Gasteiger partial charge >= 0.3 is 0 Å². The minimum Gasteiger partial charge on any atom is -0.314 e. The summed E-state index contributed by atoms with van der Waals surface area (Å²) >= 11 is 9.83. The molecule has 0 aliphatic heterocycles. The molecule has 3 unspecified atom stereocenters. The molecule has 19 heavy (non-hydrogen) atoms. The largest absolute Gasteiger partial charge is 0.314 e. The smallest absolute Gasteiger partial charge is 0.0449 e. The summed E-state index contributed by atoms with van der Waals surface area (Å²) in [6, 6.07) is 6.91. The summed E-state index contributed by atoms with van der Waals surface area (Å²) in [7, 11) is 0. The summed E-state index contributed by atoms with van der Waals surface area (Å²) in [5, 5.41) is 4.55. The molecule has 0 bridgehead atoms. The zero-order valence-corrected chi connectivity index (χ0v) is 14.1. The molecule has 3 atom stereocenters. The van der Waals surface area contributed by atoms with Crippen molar-refractivity contribution < 1.29 is 0 Å². The number of hydrogen-bond donors (Lipinski definition) is 1. The number of nitrogens with one attached hydrogen (secondary N) is 1. The third-order valence-corrected chi connectivity index (χ3v) is 5.05. The summed E-state index contributed by atoms with van der Waals surface area (Å²) in [6.07, 6.45) is 5.05. The molecular weight excluding hydrogens is 322 g/mol. The molecule has 0 aromatic heterocycles. The van der Waals surface area contributed by atoms with Crippen molar-refractivity contribution in [1.29, 1.82) is 0 Å². The van der Waals surface area contributed by atoms with Crippen LogP contribution in [0, 0.1) is 11.8 Å². The first-order valence-electron chi connectivity index (χ1n) is 7.27. The van der Waals surface area contributed by atoms with Gasteiger partial charge in [-0.15, -0.1) is 0 Å². The average molecular weight is 345 g/mol. The van der Waals surface area contributed by atoms with Crippen LogP contribution >= 0.6 is 27.5 Å². The van der Waals surface area contributed by atoms with Crippen LogP contribution in [0.2, 0.25) is 5.02 Å². The second kappa shape index (κ2) is 7.10. The highest BCUT2D eigenvalue weighted by Gasteiger charge is 2.28. The van der Waals surface area contributed by atoms with Crippen LogP contribution in [-0.2, 0) is 6.42 Å². The van der Waals surface area contributed by atoms with Gasteiger partial charge in [0.2, 0.25) is 0 Å². The first kappa shape index (κ1) is 15.3. The highest BCUT2D eigenvalue weighted by Crippen LogP contribution is 2.33. The molecule has 0 spiro atoms. The van der Waals surface area contributed by atoms with E-state index in [0.717, 1.165) is 28.4 Å². The van der Waals surface area contributed by atoms with E-state index in [1.807, 2.05) is 6.07 Å². The predicted molar refractivity (Wildman–Crippen MR) is 86.8 cm³/mol. The lowest BCUT2D eigenvalue weighted by molar-refractivity contribution is 0.214. The van der Waals surface area contributed by atoms with Crippen molar-refractivity contribution in [3.05, 3.63) is 33.3 Å². The Labute approximate surface area is 130 Å². The molecule has 1 aliphatic rings. The second-order valence-corrected chi connectivity index (χ2v) is 7.11. The molecule has 1 aliphatic carbocycles. The van der Waals surface area contributed by atoms with E-state index in [2.05, 4.69) is 47.2 Å². The van der Waals surface area contributed by atoms with Crippen LogP contribution in [0.1, 0.15) is 38.7 Å². The Hall–Kier alpha value is -0.0500. The molecule has 1 aromatic rings. The summed E-state index contributed by atoms with van der Waals surface area (Å²) in [5.41, 5.74) is 1.28. The van der Waals surface area contributed by atoms with Crippen molar-refractivity contribution in [3.63, 3.8) is 0 Å². The fourth-order valence-corrected chi connectivity index (χ4v) is 3.98. The molecule has 2 rings (SSSR count). The monoisotopic (exact) mass is 343 g/mol. The molecule has 0 radical (unpaired) electrons. The Kier molecular flexibility index (Phi) is 5.73. The van der Waals surface area contributed by atoms with Gasteiger partial charge in [0.05, 0.1) is 0 Å². The van der Waals surface area contributed by atoms with Crippen LogP contribution in [0.4, 0.5) is 0 Å². The van der Waals surface area contributed by atoms with E-state index in [1.165, 1.54) is 24.8 Å². The number of halogens is 2. The normalized spacial score (nSPS) is 27.5. The number of benzene rings is 1. The van der Waals surface area contributed by atoms with E-state index in [0.29, 0.717) is 12.0 Å². The van der Waals surface area contributed by atoms with Crippen LogP contribution in [0.25, 0.3) is 0 Å². The van der Waals surface area contributed by atoms with Crippen molar-refractivity contribution in [1.82, 2.24) is 5.32 Å². The highest BCUT2D eigenvalue weighted by atomic mass is 79.9. The summed E-state index contributed by atoms with van der Waals surface area (Å²) in [4.78, 5) is 0. The van der Waals surface area contributed by atoms with E-state index < -0.39 is 0 Å². The zero-order chi connectivity index (χ0) is 13.8. The Balaban J connectivity index is 2.09. The maximum atomic E-state index is 6.36. The van der Waals surface area contributed by atoms with Crippen LogP contribution in [0.3, 0.4) is 0 Å². The minimum absolute atomic E-state index is 0.654. The van der Waals surface area contributed by atoms with Gasteiger partial charge in [0, 0.05) is 15.5 Å². The molecule has 3 heteroatoms. The average Bonchev–Trinajstić information content (AvgIpc) is 2.36. The zero-order valence-electron chi connectivity index (χ0n) is 11.8. The van der Waals surface area contributed by atoms with Crippen molar-refractivity contribution in [3.8, 4) is 0 Å². The Morgan fingerprint density at radius 2 is 2.16 bits per heavy atom. The fourth-order valence-electron chi connectivity index (χ4n) is 3.22. The first-order valence-corrected chi connectivity index (χ1v) is 8.44. The maximum Gasteiger partial charge on any atom is 0.0449 e. The van der Waals surface area contributed by atoms with Crippen molar-refractivity contribution in [2.24, 2.45) is 11.8 Å². The lowest BCUT2D eigenvalue weighted by atomic mass is 9.76. The topological polar surface area (TPSA) is 12.0 Å². The standard InChI is InChI=1S/C16H23BrClN/c1-3-19-16-7-4-11(2)8-13(16)9-12-5-6-14(17)10-15(12)18/h5-6,10-11,13,16,19H,3-4,7-9H2,1-2H3. The molecule has 0 heterocycles. The van der Waals surface area contributed by atoms with Gasteiger partial charge in [0.15, 0.2) is 0 Å². The molecule has 1 fully saturated rings. The van der Waals surface area contributed by atoms with E-state index in [9.17, 15) is 0 Å². The lowest BCUT2D eigenvalue weighted by Gasteiger charge is -2.35. The predicted octanol–water partition coefficient (Wildman–Crippen LogP) is 5.06. The molecule has 1 aromatic carbocycles. The third kappa shape index (κ3) is 4.21. The highest BCUT2D eigenvalue weighted by molar-refractivity contribution is 9.10. The third-order valence-electron chi connectivity index (χ3n) is 4.21. The lowest BCUT2D eigenvalue weighted by Crippen LogP contribution is -2.41. The second-order valence-electron chi connectivity index (χ2n) is 5.78. The van der Waals surface area contributed by atoms with Gasteiger partial charge < -0.3 is 5.32 Å². The molecular formula is C16H23BrClN. The molecule has 106 valence electrons. The summed E-state index contributed by atoms with van der Waals surface area (Å²) in [6.45, 7) is 5.63. The van der Waals surface area contributed by atoms with E-state index in [4.69, 9.17) is 11.6 Å². The number of rotatable bonds is 4. The van der Waals surface area contributed by atoms with E-state index in [1.54, 1.807) is 0 Å². The molecule has 1 saturated carbocycles. The molecule has 1 N–H and O–H groups in total. The molecule has 0 saturated heterocycles. The van der Waals surface area contributed by atoms with Gasteiger partial charge in [0.25, 0.3) is 0 Å². The fraction of sp³-hybridized carbons (Fsp3) is 0.625. The van der Waals surface area contributed by atoms with E-state index in [-0.39, 0.29) is 0 Å². The van der Waals surface area contributed by atoms with Crippen molar-refractivity contribution in [2.75, 3.05) is 6.54 Å². The number of hydrogen-bond acceptors (Lipinski definition) is 1. The minimum atomic E-state index is 0.654. The van der Waals surface area contributed by atoms with Crippen LogP contribution in [-0.4, -0.2) is 12.6 Å². The molecule has 1 nitrogen and oxygen atoms in total. The van der Waals surface area contributed by atoms with E-state index >= 15 is 0 Å². The Bertz CT molecular complexity index is 421. The quantitative estimate of drug-likeness (QED) is 0.805. The van der Waals surface area contributed by atoms with Gasteiger partial charge in [-0.25, -0.2) is 0 Å².